The zero-order valence-corrected chi connectivity index (χ0v) is 16.3. The Morgan fingerprint density at radius 3 is 2.56 bits per heavy atom. The van der Waals surface area contributed by atoms with Gasteiger partial charge in [-0.1, -0.05) is 6.07 Å². The molecule has 0 aliphatic rings. The van der Waals surface area contributed by atoms with Crippen molar-refractivity contribution in [3.63, 3.8) is 0 Å². The molecule has 0 radical (unpaired) electrons. The molecule has 0 saturated carbocycles. The fraction of sp³-hybridized carbons (Fsp3) is 0.400. The molecule has 0 aliphatic heterocycles. The van der Waals surface area contributed by atoms with Gasteiger partial charge >= 0.3 is 0 Å². The van der Waals surface area contributed by atoms with E-state index < -0.39 is 6.10 Å². The number of aromatic nitrogens is 4. The number of hydrogen-bond acceptors (Lipinski definition) is 5. The van der Waals surface area contributed by atoms with E-state index in [1.807, 2.05) is 50.6 Å². The number of amides is 1. The number of fused-ring (bicyclic) bond motifs is 1. The highest BCUT2D eigenvalue weighted by Crippen LogP contribution is 2.19. The summed E-state index contributed by atoms with van der Waals surface area (Å²) < 4.78 is 1.85. The second-order valence-corrected chi connectivity index (χ2v) is 7.05. The van der Waals surface area contributed by atoms with Crippen molar-refractivity contribution in [2.75, 3.05) is 0 Å². The Bertz CT molecular complexity index is 991. The van der Waals surface area contributed by atoms with Crippen molar-refractivity contribution in [2.45, 2.75) is 53.3 Å². The van der Waals surface area contributed by atoms with E-state index in [1.165, 1.54) is 0 Å². The number of pyridine rings is 2. The first-order valence-corrected chi connectivity index (χ1v) is 9.05. The maximum absolute atomic E-state index is 12.6. The lowest BCUT2D eigenvalue weighted by Gasteiger charge is -2.12. The molecule has 3 rings (SSSR count). The molecule has 0 fully saturated rings. The summed E-state index contributed by atoms with van der Waals surface area (Å²) in [4.78, 5) is 21.7. The van der Waals surface area contributed by atoms with Crippen LogP contribution in [0.25, 0.3) is 11.0 Å². The minimum atomic E-state index is -0.562. The van der Waals surface area contributed by atoms with Crippen molar-refractivity contribution in [2.24, 2.45) is 0 Å². The summed E-state index contributed by atoms with van der Waals surface area (Å²) in [6.45, 7) is 9.78. The molecule has 0 aliphatic carbocycles. The Labute approximate surface area is 158 Å². The van der Waals surface area contributed by atoms with Crippen LogP contribution in [0, 0.1) is 13.8 Å². The molecule has 27 heavy (non-hydrogen) atoms. The Morgan fingerprint density at radius 1 is 1.19 bits per heavy atom. The Balaban J connectivity index is 1.78. The smallest absolute Gasteiger partial charge is 0.253 e. The Hall–Kier alpha value is -2.80. The third-order valence-electron chi connectivity index (χ3n) is 4.56. The van der Waals surface area contributed by atoms with Gasteiger partial charge in [-0.15, -0.1) is 0 Å². The fourth-order valence-electron chi connectivity index (χ4n) is 3.10. The molecule has 3 aromatic rings. The maximum Gasteiger partial charge on any atom is 0.253 e. The van der Waals surface area contributed by atoms with Gasteiger partial charge in [-0.3, -0.25) is 9.78 Å². The van der Waals surface area contributed by atoms with Crippen LogP contribution in [0.4, 0.5) is 0 Å². The molecular weight excluding hydrogens is 342 g/mol. The number of aliphatic hydroxyl groups excluding tert-OH is 1. The second-order valence-electron chi connectivity index (χ2n) is 7.05. The third kappa shape index (κ3) is 3.83. The first kappa shape index (κ1) is 19.0. The average molecular weight is 367 g/mol. The Kier molecular flexibility index (Phi) is 5.23. The summed E-state index contributed by atoms with van der Waals surface area (Å²) in [6.07, 6.45) is 1.17. The number of nitrogens with one attached hydrogen (secondary N) is 1. The maximum atomic E-state index is 12.6. The number of nitrogens with zero attached hydrogens (tertiary/aromatic N) is 4. The van der Waals surface area contributed by atoms with Crippen molar-refractivity contribution < 1.29 is 9.90 Å². The fourth-order valence-corrected chi connectivity index (χ4v) is 3.10. The molecular formula is C20H25N5O2. The van der Waals surface area contributed by atoms with E-state index in [9.17, 15) is 9.90 Å². The van der Waals surface area contributed by atoms with E-state index in [0.29, 0.717) is 17.8 Å². The summed E-state index contributed by atoms with van der Waals surface area (Å²) in [5, 5.41) is 17.8. The van der Waals surface area contributed by atoms with Gasteiger partial charge in [0.1, 0.15) is 0 Å². The van der Waals surface area contributed by atoms with Gasteiger partial charge in [0.15, 0.2) is 5.65 Å². The monoisotopic (exact) mass is 367 g/mol. The van der Waals surface area contributed by atoms with E-state index in [0.717, 1.165) is 28.0 Å². The minimum Gasteiger partial charge on any atom is -0.389 e. The number of hydrogen-bond donors (Lipinski definition) is 2. The van der Waals surface area contributed by atoms with E-state index in [2.05, 4.69) is 20.4 Å². The van der Waals surface area contributed by atoms with Crippen LogP contribution in [0.1, 0.15) is 65.9 Å². The van der Waals surface area contributed by atoms with Gasteiger partial charge in [-0.05, 0) is 46.8 Å². The number of rotatable bonds is 5. The minimum absolute atomic E-state index is 0.196. The van der Waals surface area contributed by atoms with Gasteiger partial charge in [0.25, 0.3) is 5.91 Å². The van der Waals surface area contributed by atoms with E-state index in [-0.39, 0.29) is 11.9 Å². The van der Waals surface area contributed by atoms with Crippen LogP contribution in [0.3, 0.4) is 0 Å². The van der Waals surface area contributed by atoms with Crippen LogP contribution in [-0.2, 0) is 6.54 Å². The predicted octanol–water partition coefficient (Wildman–Crippen LogP) is 3.01. The summed E-state index contributed by atoms with van der Waals surface area (Å²) >= 11 is 0. The summed E-state index contributed by atoms with van der Waals surface area (Å²) in [5.41, 5.74) is 4.27. The summed E-state index contributed by atoms with van der Waals surface area (Å²) in [7, 11) is 0. The molecule has 0 spiro atoms. The van der Waals surface area contributed by atoms with Crippen molar-refractivity contribution >= 4 is 16.9 Å². The molecule has 7 nitrogen and oxygen atoms in total. The number of carbonyl (C=O) groups excluding carboxylic acids is 1. The molecule has 0 aromatic carbocycles. The SMILES string of the molecule is Cc1nc2c(cnn2C(C)C)cc1C(=O)NCc1ccc([C@@H](C)O)c(C)n1. The quantitative estimate of drug-likeness (QED) is 0.723. The zero-order valence-electron chi connectivity index (χ0n) is 16.3. The first-order chi connectivity index (χ1) is 12.8. The summed E-state index contributed by atoms with van der Waals surface area (Å²) in [6, 6.07) is 5.69. The predicted molar refractivity (Wildman–Crippen MR) is 103 cm³/mol. The van der Waals surface area contributed by atoms with Gasteiger partial charge in [0.2, 0.25) is 0 Å². The van der Waals surface area contributed by atoms with Gasteiger partial charge in [0, 0.05) is 22.7 Å². The lowest BCUT2D eigenvalue weighted by Crippen LogP contribution is -2.24. The standard InChI is InChI=1S/C20H25N5O2/c1-11(2)25-19-15(9-22-25)8-18(13(4)24-19)20(27)21-10-16-6-7-17(14(5)26)12(3)23-16/h6-9,11,14,26H,10H2,1-5H3,(H,21,27)/t14-/m1/s1. The second kappa shape index (κ2) is 7.44. The molecule has 1 amide bonds. The average Bonchev–Trinajstić information content (AvgIpc) is 3.01. The van der Waals surface area contributed by atoms with Crippen molar-refractivity contribution in [3.05, 3.63) is 52.6 Å². The van der Waals surface area contributed by atoms with E-state index in [1.54, 1.807) is 13.1 Å². The lowest BCUT2D eigenvalue weighted by atomic mass is 10.1. The van der Waals surface area contributed by atoms with Gasteiger partial charge in [0.05, 0.1) is 35.8 Å². The van der Waals surface area contributed by atoms with Crippen LogP contribution >= 0.6 is 0 Å². The topological polar surface area (TPSA) is 92.9 Å². The number of aliphatic hydroxyl groups is 1. The van der Waals surface area contributed by atoms with E-state index in [4.69, 9.17) is 0 Å². The van der Waals surface area contributed by atoms with Gasteiger partial charge in [-0.25, -0.2) is 9.67 Å². The highest BCUT2D eigenvalue weighted by molar-refractivity contribution is 5.98. The highest BCUT2D eigenvalue weighted by atomic mass is 16.3. The zero-order chi connectivity index (χ0) is 19.7. The van der Waals surface area contributed by atoms with Gasteiger partial charge in [-0.2, -0.15) is 5.10 Å². The molecule has 7 heteroatoms. The third-order valence-corrected chi connectivity index (χ3v) is 4.56. The molecule has 3 heterocycles. The Morgan fingerprint density at radius 2 is 1.93 bits per heavy atom. The number of carbonyl (C=O) groups is 1. The molecule has 1 atom stereocenters. The molecule has 142 valence electrons. The molecule has 3 aromatic heterocycles. The normalized spacial score (nSPS) is 12.6. The van der Waals surface area contributed by atoms with E-state index >= 15 is 0 Å². The van der Waals surface area contributed by atoms with Gasteiger partial charge < -0.3 is 10.4 Å². The molecule has 0 saturated heterocycles. The molecule has 0 bridgehead atoms. The largest absolute Gasteiger partial charge is 0.389 e. The lowest BCUT2D eigenvalue weighted by molar-refractivity contribution is 0.0949. The number of aryl methyl sites for hydroxylation is 2. The first-order valence-electron chi connectivity index (χ1n) is 9.05. The molecule has 2 N–H and O–H groups in total. The van der Waals surface area contributed by atoms with Crippen molar-refractivity contribution in [1.29, 1.82) is 0 Å². The molecule has 0 unspecified atom stereocenters. The van der Waals surface area contributed by atoms with Crippen LogP contribution in [0.15, 0.2) is 24.4 Å². The van der Waals surface area contributed by atoms with Crippen LogP contribution in [0.5, 0.6) is 0 Å². The van der Waals surface area contributed by atoms with Crippen molar-refractivity contribution in [3.8, 4) is 0 Å². The highest BCUT2D eigenvalue weighted by Gasteiger charge is 2.15. The summed E-state index contributed by atoms with van der Waals surface area (Å²) in [5.74, 6) is -0.196. The van der Waals surface area contributed by atoms with Crippen molar-refractivity contribution in [1.82, 2.24) is 25.1 Å². The van der Waals surface area contributed by atoms with Crippen LogP contribution in [-0.4, -0.2) is 30.8 Å². The van der Waals surface area contributed by atoms with Crippen LogP contribution in [0.2, 0.25) is 0 Å². The van der Waals surface area contributed by atoms with Crippen LogP contribution < -0.4 is 5.32 Å².